The third kappa shape index (κ3) is 3.46. The Hall–Kier alpha value is -1.65. The van der Waals surface area contributed by atoms with Gasteiger partial charge in [-0.3, -0.25) is 4.79 Å². The van der Waals surface area contributed by atoms with Gasteiger partial charge in [0.2, 0.25) is 0 Å². The monoisotopic (exact) mass is 276 g/mol. The Balaban J connectivity index is 2.18. The lowest BCUT2D eigenvalue weighted by Gasteiger charge is -2.36. The molecule has 1 amide bonds. The van der Waals surface area contributed by atoms with Gasteiger partial charge < -0.3 is 10.2 Å². The van der Waals surface area contributed by atoms with Gasteiger partial charge in [-0.25, -0.2) is 9.97 Å². The van der Waals surface area contributed by atoms with E-state index in [0.29, 0.717) is 11.7 Å². The molecule has 5 heteroatoms. The fourth-order valence-electron chi connectivity index (χ4n) is 2.69. The number of aromatic nitrogens is 2. The predicted octanol–water partition coefficient (Wildman–Crippen LogP) is 2.38. The van der Waals surface area contributed by atoms with Crippen LogP contribution in [0.2, 0.25) is 0 Å². The second-order valence-corrected chi connectivity index (χ2v) is 5.64. The lowest BCUT2D eigenvalue weighted by molar-refractivity contribution is 0.0938. The summed E-state index contributed by atoms with van der Waals surface area (Å²) in [4.78, 5) is 22.8. The molecule has 0 aromatic carbocycles. The van der Waals surface area contributed by atoms with Gasteiger partial charge in [-0.15, -0.1) is 0 Å². The SMILES string of the molecule is CCC1CCCCN1c1cc(C(=O)NC(C)C)ncn1. The van der Waals surface area contributed by atoms with Crippen molar-refractivity contribution in [3.8, 4) is 0 Å². The molecule has 1 atom stereocenters. The molecule has 1 aliphatic heterocycles. The number of carbonyl (C=O) groups is 1. The second kappa shape index (κ2) is 6.68. The molecule has 0 radical (unpaired) electrons. The Bertz CT molecular complexity index is 461. The fourth-order valence-corrected chi connectivity index (χ4v) is 2.69. The minimum Gasteiger partial charge on any atom is -0.354 e. The average Bonchev–Trinajstić information content (AvgIpc) is 2.46. The maximum atomic E-state index is 12.0. The molecule has 1 unspecified atom stereocenters. The maximum absolute atomic E-state index is 12.0. The number of carbonyl (C=O) groups excluding carboxylic acids is 1. The van der Waals surface area contributed by atoms with E-state index in [1.165, 1.54) is 25.6 Å². The summed E-state index contributed by atoms with van der Waals surface area (Å²) in [7, 11) is 0. The first-order valence-electron chi connectivity index (χ1n) is 7.51. The van der Waals surface area contributed by atoms with Crippen LogP contribution in [0.3, 0.4) is 0 Å². The highest BCUT2D eigenvalue weighted by atomic mass is 16.1. The number of nitrogens with zero attached hydrogens (tertiary/aromatic N) is 3. The van der Waals surface area contributed by atoms with Gasteiger partial charge in [0.1, 0.15) is 17.8 Å². The molecule has 0 aliphatic carbocycles. The largest absolute Gasteiger partial charge is 0.354 e. The first kappa shape index (κ1) is 14.8. The smallest absolute Gasteiger partial charge is 0.270 e. The van der Waals surface area contributed by atoms with Crippen molar-refractivity contribution in [2.75, 3.05) is 11.4 Å². The van der Waals surface area contributed by atoms with E-state index in [-0.39, 0.29) is 11.9 Å². The van der Waals surface area contributed by atoms with Gasteiger partial charge in [0, 0.05) is 24.7 Å². The molecule has 0 spiro atoms. The zero-order valence-corrected chi connectivity index (χ0v) is 12.6. The van der Waals surface area contributed by atoms with Gasteiger partial charge in [0.15, 0.2) is 0 Å². The van der Waals surface area contributed by atoms with Crippen LogP contribution in [0, 0.1) is 0 Å². The van der Waals surface area contributed by atoms with Crippen LogP contribution in [0.4, 0.5) is 5.82 Å². The molecule has 1 aromatic heterocycles. The highest BCUT2D eigenvalue weighted by Crippen LogP contribution is 2.24. The molecule has 110 valence electrons. The van der Waals surface area contributed by atoms with E-state index in [1.54, 1.807) is 0 Å². The number of rotatable bonds is 4. The molecule has 2 rings (SSSR count). The molecule has 20 heavy (non-hydrogen) atoms. The van der Waals surface area contributed by atoms with Crippen molar-refractivity contribution in [2.24, 2.45) is 0 Å². The molecule has 0 saturated carbocycles. The minimum atomic E-state index is -0.131. The van der Waals surface area contributed by atoms with Gasteiger partial charge in [0.25, 0.3) is 5.91 Å². The first-order valence-corrected chi connectivity index (χ1v) is 7.51. The normalized spacial score (nSPS) is 19.2. The highest BCUT2D eigenvalue weighted by Gasteiger charge is 2.23. The lowest BCUT2D eigenvalue weighted by Crippen LogP contribution is -2.40. The summed E-state index contributed by atoms with van der Waals surface area (Å²) < 4.78 is 0. The van der Waals surface area contributed by atoms with Crippen LogP contribution < -0.4 is 10.2 Å². The molecule has 5 nitrogen and oxygen atoms in total. The van der Waals surface area contributed by atoms with Crippen LogP contribution in [0.25, 0.3) is 0 Å². The van der Waals surface area contributed by atoms with Crippen molar-refractivity contribution < 1.29 is 4.79 Å². The summed E-state index contributed by atoms with van der Waals surface area (Å²) in [6.07, 6.45) is 6.27. The van der Waals surface area contributed by atoms with Crippen LogP contribution in [0.5, 0.6) is 0 Å². The van der Waals surface area contributed by atoms with Gasteiger partial charge in [-0.05, 0) is 39.5 Å². The van der Waals surface area contributed by atoms with Gasteiger partial charge in [-0.1, -0.05) is 6.92 Å². The Morgan fingerprint density at radius 2 is 2.25 bits per heavy atom. The fraction of sp³-hybridized carbons (Fsp3) is 0.667. The average molecular weight is 276 g/mol. The van der Waals surface area contributed by atoms with Crippen LogP contribution in [-0.2, 0) is 0 Å². The summed E-state index contributed by atoms with van der Waals surface area (Å²) in [6, 6.07) is 2.45. The van der Waals surface area contributed by atoms with E-state index in [9.17, 15) is 4.79 Å². The van der Waals surface area contributed by atoms with Crippen LogP contribution in [-0.4, -0.2) is 34.5 Å². The Labute approximate surface area is 120 Å². The number of amides is 1. The second-order valence-electron chi connectivity index (χ2n) is 5.64. The summed E-state index contributed by atoms with van der Waals surface area (Å²) in [5.41, 5.74) is 0.448. The Kier molecular flexibility index (Phi) is 4.93. The van der Waals surface area contributed by atoms with Crippen molar-refractivity contribution in [3.63, 3.8) is 0 Å². The predicted molar refractivity (Wildman–Crippen MR) is 79.9 cm³/mol. The quantitative estimate of drug-likeness (QED) is 0.917. The van der Waals surface area contributed by atoms with Crippen LogP contribution in [0.1, 0.15) is 56.9 Å². The number of hydrogen-bond donors (Lipinski definition) is 1. The summed E-state index contributed by atoms with van der Waals surface area (Å²) in [6.45, 7) is 7.10. The molecular formula is C15H24N4O. The molecular weight excluding hydrogens is 252 g/mol. The summed E-state index contributed by atoms with van der Waals surface area (Å²) >= 11 is 0. The molecule has 2 heterocycles. The van der Waals surface area contributed by atoms with E-state index in [1.807, 2.05) is 19.9 Å². The van der Waals surface area contributed by atoms with Crippen molar-refractivity contribution in [1.82, 2.24) is 15.3 Å². The standard InChI is InChI=1S/C15H24N4O/c1-4-12-7-5-6-8-19(12)14-9-13(16-10-17-14)15(20)18-11(2)3/h9-12H,4-8H2,1-3H3,(H,18,20). The van der Waals surface area contributed by atoms with Crippen LogP contribution >= 0.6 is 0 Å². The van der Waals surface area contributed by atoms with Crippen LogP contribution in [0.15, 0.2) is 12.4 Å². The maximum Gasteiger partial charge on any atom is 0.270 e. The number of anilines is 1. The Morgan fingerprint density at radius 1 is 1.45 bits per heavy atom. The number of nitrogens with one attached hydrogen (secondary N) is 1. The van der Waals surface area contributed by atoms with E-state index in [2.05, 4.69) is 27.1 Å². The third-order valence-corrected chi connectivity index (χ3v) is 3.70. The van der Waals surface area contributed by atoms with Crippen molar-refractivity contribution in [3.05, 3.63) is 18.1 Å². The summed E-state index contributed by atoms with van der Waals surface area (Å²) in [5.74, 6) is 0.745. The van der Waals surface area contributed by atoms with E-state index in [0.717, 1.165) is 18.8 Å². The highest BCUT2D eigenvalue weighted by molar-refractivity contribution is 5.93. The number of piperidine rings is 1. The summed E-state index contributed by atoms with van der Waals surface area (Å²) in [5, 5.41) is 2.87. The van der Waals surface area contributed by atoms with Gasteiger partial charge in [0.05, 0.1) is 0 Å². The first-order chi connectivity index (χ1) is 9.61. The van der Waals surface area contributed by atoms with Crippen molar-refractivity contribution in [2.45, 2.75) is 58.5 Å². The molecule has 1 aromatic rings. The molecule has 1 aliphatic rings. The minimum absolute atomic E-state index is 0.110. The Morgan fingerprint density at radius 3 is 2.95 bits per heavy atom. The van der Waals surface area contributed by atoms with E-state index >= 15 is 0 Å². The number of hydrogen-bond acceptors (Lipinski definition) is 4. The zero-order chi connectivity index (χ0) is 14.5. The van der Waals surface area contributed by atoms with Gasteiger partial charge in [-0.2, -0.15) is 0 Å². The molecule has 1 fully saturated rings. The molecule has 1 saturated heterocycles. The van der Waals surface area contributed by atoms with Crippen molar-refractivity contribution >= 4 is 11.7 Å². The van der Waals surface area contributed by atoms with E-state index < -0.39 is 0 Å². The third-order valence-electron chi connectivity index (χ3n) is 3.70. The lowest BCUT2D eigenvalue weighted by atomic mass is 10.00. The van der Waals surface area contributed by atoms with E-state index in [4.69, 9.17) is 0 Å². The van der Waals surface area contributed by atoms with Gasteiger partial charge >= 0.3 is 0 Å². The molecule has 0 bridgehead atoms. The zero-order valence-electron chi connectivity index (χ0n) is 12.6. The molecule has 1 N–H and O–H groups in total. The van der Waals surface area contributed by atoms with Crippen molar-refractivity contribution in [1.29, 1.82) is 0 Å². The topological polar surface area (TPSA) is 58.1 Å².